The van der Waals surface area contributed by atoms with E-state index in [1.54, 1.807) is 22.9 Å². The Hall–Kier alpha value is -2.73. The molecule has 1 saturated heterocycles. The number of piperidine rings is 1. The average molecular weight is 494 g/mol. The fraction of sp³-hybridized carbons (Fsp3) is 0.429. The van der Waals surface area contributed by atoms with Gasteiger partial charge in [-0.2, -0.15) is 5.10 Å². The van der Waals surface area contributed by atoms with Crippen LogP contribution in [0.1, 0.15) is 26.7 Å². The van der Waals surface area contributed by atoms with Gasteiger partial charge in [-0.1, -0.05) is 0 Å². The van der Waals surface area contributed by atoms with E-state index in [0.717, 1.165) is 30.2 Å². The maximum Gasteiger partial charge on any atom is 0.410 e. The zero-order chi connectivity index (χ0) is 23.8. The number of hydrogen-bond acceptors (Lipinski definition) is 8. The summed E-state index contributed by atoms with van der Waals surface area (Å²) in [6.07, 6.45) is 5.15. The van der Waals surface area contributed by atoms with Gasteiger partial charge in [0.25, 0.3) is 0 Å². The second kappa shape index (κ2) is 9.26. The molecule has 3 aromatic rings. The molecule has 33 heavy (non-hydrogen) atoms. The van der Waals surface area contributed by atoms with E-state index in [1.807, 2.05) is 13.8 Å². The van der Waals surface area contributed by atoms with Gasteiger partial charge in [0.05, 0.1) is 22.6 Å². The molecule has 2 aromatic heterocycles. The maximum absolute atomic E-state index is 14.7. The standard InChI is InChI=1S/C21H24FN5O4S2/c1-13(2)31-21(28)26-8-6-14(7-9-26)32-20-16-11-25-27(19(16)23-12-24-20)18-5-4-15(10-17(18)22)33(3,29)30/h4-5,10-14H,6-9H2,1-3H3. The van der Waals surface area contributed by atoms with Crippen molar-refractivity contribution in [1.29, 1.82) is 0 Å². The van der Waals surface area contributed by atoms with Gasteiger partial charge in [-0.05, 0) is 44.9 Å². The van der Waals surface area contributed by atoms with Crippen LogP contribution < -0.4 is 0 Å². The number of thioether (sulfide) groups is 1. The van der Waals surface area contributed by atoms with E-state index in [2.05, 4.69) is 15.1 Å². The average Bonchev–Trinajstić information content (AvgIpc) is 3.18. The van der Waals surface area contributed by atoms with E-state index in [0.29, 0.717) is 24.1 Å². The van der Waals surface area contributed by atoms with E-state index >= 15 is 0 Å². The van der Waals surface area contributed by atoms with Crippen molar-refractivity contribution < 1.29 is 22.3 Å². The molecule has 0 radical (unpaired) electrons. The summed E-state index contributed by atoms with van der Waals surface area (Å²) in [5, 5.41) is 5.93. The highest BCUT2D eigenvalue weighted by atomic mass is 32.2. The predicted octanol–water partition coefficient (Wildman–Crippen LogP) is 3.46. The van der Waals surface area contributed by atoms with E-state index < -0.39 is 15.7 Å². The smallest absolute Gasteiger partial charge is 0.410 e. The van der Waals surface area contributed by atoms with Gasteiger partial charge < -0.3 is 9.64 Å². The summed E-state index contributed by atoms with van der Waals surface area (Å²) in [7, 11) is -3.52. The molecule has 0 saturated carbocycles. The number of amides is 1. The Balaban J connectivity index is 1.53. The number of fused-ring (bicyclic) bond motifs is 1. The van der Waals surface area contributed by atoms with Gasteiger partial charge in [0.2, 0.25) is 0 Å². The van der Waals surface area contributed by atoms with Crippen molar-refractivity contribution >= 4 is 38.7 Å². The maximum atomic E-state index is 14.7. The summed E-state index contributed by atoms with van der Waals surface area (Å²) in [6.45, 7) is 4.86. The molecule has 0 atom stereocenters. The molecule has 1 amide bonds. The lowest BCUT2D eigenvalue weighted by atomic mass is 10.1. The Labute approximate surface area is 195 Å². The predicted molar refractivity (Wildman–Crippen MR) is 122 cm³/mol. The third kappa shape index (κ3) is 5.11. The van der Waals surface area contributed by atoms with Crippen LogP contribution in [-0.2, 0) is 14.6 Å². The van der Waals surface area contributed by atoms with Crippen molar-refractivity contribution in [2.45, 2.75) is 48.0 Å². The SMILES string of the molecule is CC(C)OC(=O)N1CCC(Sc2ncnc3c2cnn3-c2ccc(S(C)(=O)=O)cc2F)CC1. The first-order valence-corrected chi connectivity index (χ1v) is 13.2. The monoisotopic (exact) mass is 493 g/mol. The number of likely N-dealkylation sites (tertiary alicyclic amines) is 1. The molecule has 3 heterocycles. The van der Waals surface area contributed by atoms with Crippen LogP contribution >= 0.6 is 11.8 Å². The largest absolute Gasteiger partial charge is 0.447 e. The number of ether oxygens (including phenoxy) is 1. The molecule has 0 N–H and O–H groups in total. The minimum Gasteiger partial charge on any atom is -0.447 e. The number of hydrogen-bond donors (Lipinski definition) is 0. The van der Waals surface area contributed by atoms with Gasteiger partial charge in [0.1, 0.15) is 22.9 Å². The highest BCUT2D eigenvalue weighted by Gasteiger charge is 2.26. The number of sulfone groups is 1. The molecular weight excluding hydrogens is 469 g/mol. The molecule has 0 aliphatic carbocycles. The van der Waals surface area contributed by atoms with Crippen molar-refractivity contribution in [2.24, 2.45) is 0 Å². The topological polar surface area (TPSA) is 107 Å². The lowest BCUT2D eigenvalue weighted by Crippen LogP contribution is -2.40. The van der Waals surface area contributed by atoms with Crippen LogP contribution in [0.25, 0.3) is 16.7 Å². The molecule has 0 unspecified atom stereocenters. The van der Waals surface area contributed by atoms with Crippen LogP contribution in [0.5, 0.6) is 0 Å². The molecule has 176 valence electrons. The first kappa shape index (κ1) is 23.4. The number of carbonyl (C=O) groups excluding carboxylic acids is 1. The number of carbonyl (C=O) groups is 1. The third-order valence-corrected chi connectivity index (χ3v) is 7.68. The third-order valence-electron chi connectivity index (χ3n) is 5.22. The lowest BCUT2D eigenvalue weighted by molar-refractivity contribution is 0.0717. The summed E-state index contributed by atoms with van der Waals surface area (Å²) < 4.78 is 44.7. The van der Waals surface area contributed by atoms with Crippen molar-refractivity contribution in [2.75, 3.05) is 19.3 Å². The number of benzene rings is 1. The van der Waals surface area contributed by atoms with Crippen LogP contribution in [0.15, 0.2) is 40.6 Å². The van der Waals surface area contributed by atoms with Gasteiger partial charge in [0, 0.05) is 24.6 Å². The molecule has 1 fully saturated rings. The zero-order valence-corrected chi connectivity index (χ0v) is 20.1. The number of rotatable bonds is 5. The molecule has 1 aliphatic rings. The molecule has 0 spiro atoms. The molecule has 0 bridgehead atoms. The molecule has 1 aliphatic heterocycles. The van der Waals surface area contributed by atoms with Crippen molar-refractivity contribution in [3.63, 3.8) is 0 Å². The first-order valence-electron chi connectivity index (χ1n) is 10.4. The van der Waals surface area contributed by atoms with E-state index in [4.69, 9.17) is 4.74 Å². The second-order valence-corrected chi connectivity index (χ2v) is 11.4. The first-order chi connectivity index (χ1) is 15.6. The molecule has 12 heteroatoms. The normalized spacial score (nSPS) is 15.4. The van der Waals surface area contributed by atoms with Gasteiger partial charge >= 0.3 is 6.09 Å². The summed E-state index contributed by atoms with van der Waals surface area (Å²) in [6, 6.07) is 3.70. The van der Waals surface area contributed by atoms with E-state index in [-0.39, 0.29) is 28.0 Å². The minimum absolute atomic E-state index is 0.101. The van der Waals surface area contributed by atoms with Gasteiger partial charge in [-0.15, -0.1) is 11.8 Å². The van der Waals surface area contributed by atoms with Crippen LogP contribution in [0, 0.1) is 5.82 Å². The summed E-state index contributed by atoms with van der Waals surface area (Å²) >= 11 is 1.58. The summed E-state index contributed by atoms with van der Waals surface area (Å²) in [5.74, 6) is -0.712. The van der Waals surface area contributed by atoms with Gasteiger partial charge in [0.15, 0.2) is 15.5 Å². The number of halogens is 1. The van der Waals surface area contributed by atoms with Crippen molar-refractivity contribution in [1.82, 2.24) is 24.6 Å². The van der Waals surface area contributed by atoms with Gasteiger partial charge in [-0.3, -0.25) is 0 Å². The second-order valence-electron chi connectivity index (χ2n) is 8.09. The van der Waals surface area contributed by atoms with Crippen LogP contribution in [-0.4, -0.2) is 69.9 Å². The molecule has 4 rings (SSSR count). The van der Waals surface area contributed by atoms with E-state index in [9.17, 15) is 17.6 Å². The zero-order valence-electron chi connectivity index (χ0n) is 18.4. The molecule has 9 nitrogen and oxygen atoms in total. The highest BCUT2D eigenvalue weighted by Crippen LogP contribution is 2.34. The van der Waals surface area contributed by atoms with Gasteiger partial charge in [-0.25, -0.2) is 32.3 Å². The fourth-order valence-corrected chi connectivity index (χ4v) is 5.35. The Bertz CT molecular complexity index is 1290. The number of nitrogens with zero attached hydrogens (tertiary/aromatic N) is 5. The Kier molecular flexibility index (Phi) is 6.57. The summed E-state index contributed by atoms with van der Waals surface area (Å²) in [5.41, 5.74) is 0.528. The summed E-state index contributed by atoms with van der Waals surface area (Å²) in [4.78, 5) is 22.4. The lowest BCUT2D eigenvalue weighted by Gasteiger charge is -2.31. The van der Waals surface area contributed by atoms with Crippen molar-refractivity contribution in [3.05, 3.63) is 36.5 Å². The minimum atomic E-state index is -3.52. The van der Waals surface area contributed by atoms with Crippen molar-refractivity contribution in [3.8, 4) is 5.69 Å². The van der Waals surface area contributed by atoms with E-state index in [1.165, 1.54) is 23.1 Å². The Morgan fingerprint density at radius 2 is 1.97 bits per heavy atom. The van der Waals surface area contributed by atoms with Crippen LogP contribution in [0.4, 0.5) is 9.18 Å². The number of aromatic nitrogens is 4. The fourth-order valence-electron chi connectivity index (χ4n) is 3.57. The Morgan fingerprint density at radius 1 is 1.24 bits per heavy atom. The van der Waals surface area contributed by atoms with Crippen LogP contribution in [0.3, 0.4) is 0 Å². The Morgan fingerprint density at radius 3 is 2.61 bits per heavy atom. The highest BCUT2D eigenvalue weighted by molar-refractivity contribution is 8.00. The quantitative estimate of drug-likeness (QED) is 0.498. The molecule has 1 aromatic carbocycles. The van der Waals surface area contributed by atoms with Crippen LogP contribution in [0.2, 0.25) is 0 Å². The molecular formula is C21H24FN5O4S2.